The van der Waals surface area contributed by atoms with Crippen LogP contribution in [0.3, 0.4) is 0 Å². The molecule has 0 aliphatic rings. The van der Waals surface area contributed by atoms with Crippen LogP contribution in [-0.4, -0.2) is 12.6 Å². The van der Waals surface area contributed by atoms with Crippen LogP contribution in [0.4, 0.5) is 0 Å². The molecule has 0 unspecified atom stereocenters. The van der Waals surface area contributed by atoms with Crippen LogP contribution >= 0.6 is 0 Å². The maximum atomic E-state index is 11.0. The SMILES string of the molecule is CCOC(=O)c1ccccc1[O-].[Li+]. The van der Waals surface area contributed by atoms with Crippen LogP contribution < -0.4 is 24.0 Å². The molecular formula is C9H9LiO3. The summed E-state index contributed by atoms with van der Waals surface area (Å²) in [4.78, 5) is 11.0. The van der Waals surface area contributed by atoms with E-state index in [0.29, 0.717) is 0 Å². The average Bonchev–Trinajstić information content (AvgIpc) is 2.05. The van der Waals surface area contributed by atoms with Crippen molar-refractivity contribution < 1.29 is 33.5 Å². The van der Waals surface area contributed by atoms with E-state index in [4.69, 9.17) is 0 Å². The molecule has 3 nitrogen and oxygen atoms in total. The molecule has 0 heterocycles. The van der Waals surface area contributed by atoms with Gasteiger partial charge in [0.15, 0.2) is 0 Å². The van der Waals surface area contributed by atoms with Gasteiger partial charge >= 0.3 is 24.8 Å². The summed E-state index contributed by atoms with van der Waals surface area (Å²) in [6.07, 6.45) is 0. The molecule has 0 amide bonds. The normalized spacial score (nSPS) is 8.69. The molecule has 64 valence electrons. The van der Waals surface area contributed by atoms with E-state index < -0.39 is 5.97 Å². The van der Waals surface area contributed by atoms with Gasteiger partial charge in [0.1, 0.15) is 0 Å². The molecular weight excluding hydrogens is 163 g/mol. The standard InChI is InChI=1S/C9H10O3.Li/c1-2-12-9(11)7-5-3-4-6-8(7)10;/h3-6,10H,2H2,1H3;/q;+1/p-1. The zero-order valence-electron chi connectivity index (χ0n) is 7.74. The Morgan fingerprint density at radius 2 is 2.08 bits per heavy atom. The van der Waals surface area contributed by atoms with E-state index in [9.17, 15) is 9.90 Å². The Bertz CT molecular complexity index is 286. The summed E-state index contributed by atoms with van der Waals surface area (Å²) in [7, 11) is 0. The van der Waals surface area contributed by atoms with Crippen LogP contribution in [-0.2, 0) is 4.74 Å². The number of carbonyl (C=O) groups excluding carboxylic acids is 1. The van der Waals surface area contributed by atoms with Gasteiger partial charge in [-0.2, -0.15) is 0 Å². The molecule has 0 saturated carbocycles. The second-order valence-corrected chi connectivity index (χ2v) is 2.22. The second kappa shape index (κ2) is 5.68. The fourth-order valence-corrected chi connectivity index (χ4v) is 0.844. The quantitative estimate of drug-likeness (QED) is 0.381. The predicted octanol–water partition coefficient (Wildman–Crippen LogP) is -2.06. The van der Waals surface area contributed by atoms with Crippen molar-refractivity contribution in [3.8, 4) is 5.75 Å². The molecule has 0 atom stereocenters. The van der Waals surface area contributed by atoms with Crippen molar-refractivity contribution in [2.45, 2.75) is 6.92 Å². The minimum Gasteiger partial charge on any atom is -0.872 e. The van der Waals surface area contributed by atoms with E-state index in [-0.39, 0.29) is 36.8 Å². The monoisotopic (exact) mass is 172 g/mol. The van der Waals surface area contributed by atoms with Crippen LogP contribution in [0.5, 0.6) is 5.75 Å². The van der Waals surface area contributed by atoms with E-state index >= 15 is 0 Å². The predicted molar refractivity (Wildman–Crippen MR) is 41.8 cm³/mol. The number of rotatable bonds is 2. The van der Waals surface area contributed by atoms with Gasteiger partial charge in [0, 0.05) is 0 Å². The van der Waals surface area contributed by atoms with E-state index in [2.05, 4.69) is 4.74 Å². The Labute approximate surface area is 88.9 Å². The van der Waals surface area contributed by atoms with Crippen molar-refractivity contribution in [3.63, 3.8) is 0 Å². The van der Waals surface area contributed by atoms with Gasteiger partial charge in [-0.1, -0.05) is 23.9 Å². The van der Waals surface area contributed by atoms with E-state index in [1.807, 2.05) is 0 Å². The molecule has 0 N–H and O–H groups in total. The number of benzene rings is 1. The minimum absolute atomic E-state index is 0. The number of ether oxygens (including phenoxy) is 1. The Morgan fingerprint density at radius 1 is 1.46 bits per heavy atom. The van der Waals surface area contributed by atoms with Crippen molar-refractivity contribution in [3.05, 3.63) is 29.8 Å². The van der Waals surface area contributed by atoms with Crippen molar-refractivity contribution in [2.24, 2.45) is 0 Å². The zero-order chi connectivity index (χ0) is 8.97. The molecule has 0 saturated heterocycles. The molecule has 4 heteroatoms. The summed E-state index contributed by atoms with van der Waals surface area (Å²) in [5.41, 5.74) is 0.0966. The first-order valence-electron chi connectivity index (χ1n) is 3.69. The molecule has 0 aromatic heterocycles. The first-order valence-corrected chi connectivity index (χ1v) is 3.69. The summed E-state index contributed by atoms with van der Waals surface area (Å²) >= 11 is 0. The summed E-state index contributed by atoms with van der Waals surface area (Å²) in [5.74, 6) is -0.848. The summed E-state index contributed by atoms with van der Waals surface area (Å²) in [6.45, 7) is 1.98. The molecule has 0 aliphatic carbocycles. The number of hydrogen-bond acceptors (Lipinski definition) is 3. The minimum atomic E-state index is -0.553. The Morgan fingerprint density at radius 3 is 2.62 bits per heavy atom. The Kier molecular flexibility index (Phi) is 5.29. The molecule has 13 heavy (non-hydrogen) atoms. The van der Waals surface area contributed by atoms with Gasteiger partial charge in [0.05, 0.1) is 12.2 Å². The molecule has 1 aromatic rings. The molecule has 1 rings (SSSR count). The maximum absolute atomic E-state index is 11.0. The van der Waals surface area contributed by atoms with E-state index in [0.717, 1.165) is 0 Å². The van der Waals surface area contributed by atoms with Crippen LogP contribution in [0.15, 0.2) is 24.3 Å². The largest absolute Gasteiger partial charge is 1.00 e. The van der Waals surface area contributed by atoms with E-state index in [1.54, 1.807) is 19.1 Å². The average molecular weight is 172 g/mol. The first-order chi connectivity index (χ1) is 5.75. The van der Waals surface area contributed by atoms with Gasteiger partial charge in [0.25, 0.3) is 0 Å². The van der Waals surface area contributed by atoms with Crippen molar-refractivity contribution in [2.75, 3.05) is 6.61 Å². The fourth-order valence-electron chi connectivity index (χ4n) is 0.844. The molecule has 0 radical (unpaired) electrons. The Hall–Kier alpha value is -0.913. The van der Waals surface area contributed by atoms with Gasteiger partial charge in [0.2, 0.25) is 0 Å². The molecule has 0 aliphatic heterocycles. The third-order valence-corrected chi connectivity index (χ3v) is 1.38. The third kappa shape index (κ3) is 3.14. The summed E-state index contributed by atoms with van der Waals surface area (Å²) in [6, 6.07) is 6.02. The van der Waals surface area contributed by atoms with Gasteiger partial charge in [-0.15, -0.1) is 0 Å². The second-order valence-electron chi connectivity index (χ2n) is 2.22. The third-order valence-electron chi connectivity index (χ3n) is 1.38. The topological polar surface area (TPSA) is 49.4 Å². The number of carbonyl (C=O) groups is 1. The summed E-state index contributed by atoms with van der Waals surface area (Å²) < 4.78 is 4.67. The number of esters is 1. The maximum Gasteiger partial charge on any atom is 1.00 e. The molecule has 0 bridgehead atoms. The van der Waals surface area contributed by atoms with Gasteiger partial charge in [-0.3, -0.25) is 0 Å². The number of hydrogen-bond donors (Lipinski definition) is 0. The van der Waals surface area contributed by atoms with Crippen LogP contribution in [0.2, 0.25) is 0 Å². The fraction of sp³-hybridized carbons (Fsp3) is 0.222. The molecule has 0 fully saturated rings. The van der Waals surface area contributed by atoms with Gasteiger partial charge in [-0.25, -0.2) is 4.79 Å². The van der Waals surface area contributed by atoms with Crippen LogP contribution in [0.1, 0.15) is 17.3 Å². The Balaban J connectivity index is 0.00000144. The van der Waals surface area contributed by atoms with Crippen molar-refractivity contribution in [1.82, 2.24) is 0 Å². The van der Waals surface area contributed by atoms with E-state index in [1.165, 1.54) is 12.1 Å². The van der Waals surface area contributed by atoms with Gasteiger partial charge in [-0.05, 0) is 13.0 Å². The smallest absolute Gasteiger partial charge is 0.872 e. The van der Waals surface area contributed by atoms with Crippen LogP contribution in [0.25, 0.3) is 0 Å². The van der Waals surface area contributed by atoms with Gasteiger partial charge < -0.3 is 9.84 Å². The first kappa shape index (κ1) is 12.1. The zero-order valence-corrected chi connectivity index (χ0v) is 7.74. The van der Waals surface area contributed by atoms with Crippen molar-refractivity contribution >= 4 is 5.97 Å². The molecule has 1 aromatic carbocycles. The summed E-state index contributed by atoms with van der Waals surface area (Å²) in [5, 5.41) is 11.0. The number of para-hydroxylation sites is 1. The van der Waals surface area contributed by atoms with Crippen molar-refractivity contribution in [1.29, 1.82) is 0 Å². The van der Waals surface area contributed by atoms with Crippen LogP contribution in [0, 0.1) is 0 Å². The molecule has 0 spiro atoms.